The lowest BCUT2D eigenvalue weighted by atomic mass is 9.73. The molecular formula is C22H32ClN3O. The van der Waals surface area contributed by atoms with Crippen LogP contribution in [0.2, 0.25) is 5.02 Å². The second kappa shape index (κ2) is 8.10. The van der Waals surface area contributed by atoms with Crippen molar-refractivity contribution in [2.24, 2.45) is 5.92 Å². The van der Waals surface area contributed by atoms with Gasteiger partial charge >= 0.3 is 0 Å². The number of carbonyl (C=O) groups excluding carboxylic acids is 1. The van der Waals surface area contributed by atoms with Crippen molar-refractivity contribution in [1.29, 1.82) is 0 Å². The number of hydrogen-bond donors (Lipinski definition) is 2. The fourth-order valence-electron chi connectivity index (χ4n) is 5.69. The van der Waals surface area contributed by atoms with E-state index >= 15 is 0 Å². The van der Waals surface area contributed by atoms with Gasteiger partial charge < -0.3 is 10.6 Å². The Morgan fingerprint density at radius 2 is 1.85 bits per heavy atom. The molecule has 1 aromatic rings. The van der Waals surface area contributed by atoms with Crippen molar-refractivity contribution in [3.8, 4) is 0 Å². The molecular weight excluding hydrogens is 358 g/mol. The van der Waals surface area contributed by atoms with Crippen LogP contribution >= 0.6 is 11.6 Å². The van der Waals surface area contributed by atoms with Gasteiger partial charge in [-0.05, 0) is 74.7 Å². The molecule has 148 valence electrons. The highest BCUT2D eigenvalue weighted by molar-refractivity contribution is 6.30. The summed E-state index contributed by atoms with van der Waals surface area (Å²) in [5.41, 5.74) is 1.08. The Balaban J connectivity index is 1.64. The van der Waals surface area contributed by atoms with Gasteiger partial charge in [0.15, 0.2) is 0 Å². The third kappa shape index (κ3) is 3.52. The smallest absolute Gasteiger partial charge is 0.241 e. The largest absolute Gasteiger partial charge is 0.339 e. The number of carbonyl (C=O) groups is 1. The van der Waals surface area contributed by atoms with Crippen LogP contribution in [0.1, 0.15) is 63.4 Å². The zero-order valence-electron chi connectivity index (χ0n) is 16.3. The van der Waals surface area contributed by atoms with Crippen molar-refractivity contribution in [2.45, 2.75) is 69.5 Å². The van der Waals surface area contributed by atoms with Crippen LogP contribution in [0.4, 0.5) is 0 Å². The zero-order chi connectivity index (χ0) is 18.9. The van der Waals surface area contributed by atoms with Gasteiger partial charge in [-0.15, -0.1) is 0 Å². The summed E-state index contributed by atoms with van der Waals surface area (Å²) >= 11 is 6.12. The molecule has 5 heteroatoms. The van der Waals surface area contributed by atoms with Gasteiger partial charge in [0.05, 0.1) is 6.17 Å². The molecule has 0 bridgehead atoms. The topological polar surface area (TPSA) is 44.4 Å². The van der Waals surface area contributed by atoms with Crippen LogP contribution < -0.4 is 10.6 Å². The Hall–Kier alpha value is -1.10. The Bertz CT molecular complexity index is 656. The average molecular weight is 390 g/mol. The molecule has 0 radical (unpaired) electrons. The maximum Gasteiger partial charge on any atom is 0.241 e. The van der Waals surface area contributed by atoms with Crippen molar-refractivity contribution in [1.82, 2.24) is 15.5 Å². The predicted molar refractivity (Wildman–Crippen MR) is 110 cm³/mol. The molecule has 3 fully saturated rings. The van der Waals surface area contributed by atoms with E-state index in [-0.39, 0.29) is 17.6 Å². The molecule has 27 heavy (non-hydrogen) atoms. The van der Waals surface area contributed by atoms with E-state index in [0.717, 1.165) is 43.9 Å². The first kappa shape index (κ1) is 19.2. The normalized spacial score (nSPS) is 31.2. The lowest BCUT2D eigenvalue weighted by Gasteiger charge is -2.45. The molecule has 4 nitrogen and oxygen atoms in total. The molecule has 3 unspecified atom stereocenters. The molecule has 1 aromatic carbocycles. The number of piperidine rings is 1. The molecule has 0 aromatic heterocycles. The standard InChI is InChI=1S/C22H32ClN3O/c1-2-15-26-20(25-21(27)22(26)11-13-24-14-12-22)19-6-4-3-5-18(19)16-7-9-17(23)10-8-16/h7-10,18-20,24H,2-6,11-15H2,1H3,(H,25,27). The third-order valence-corrected chi connectivity index (χ3v) is 7.26. The van der Waals surface area contributed by atoms with Crippen LogP contribution in [-0.4, -0.2) is 42.1 Å². The maximum absolute atomic E-state index is 13.2. The zero-order valence-corrected chi connectivity index (χ0v) is 17.1. The number of rotatable bonds is 4. The number of benzene rings is 1. The lowest BCUT2D eigenvalue weighted by molar-refractivity contribution is -0.128. The van der Waals surface area contributed by atoms with Crippen LogP contribution in [-0.2, 0) is 4.79 Å². The van der Waals surface area contributed by atoms with Gasteiger partial charge in [0.2, 0.25) is 5.91 Å². The molecule has 2 N–H and O–H groups in total. The van der Waals surface area contributed by atoms with Gasteiger partial charge in [-0.3, -0.25) is 9.69 Å². The number of nitrogens with zero attached hydrogens (tertiary/aromatic N) is 1. The van der Waals surface area contributed by atoms with Gasteiger partial charge in [0.1, 0.15) is 5.54 Å². The highest BCUT2D eigenvalue weighted by Gasteiger charge is 2.55. The van der Waals surface area contributed by atoms with Crippen LogP contribution in [0, 0.1) is 5.92 Å². The molecule has 2 heterocycles. The van der Waals surface area contributed by atoms with Crippen LogP contribution in [0.15, 0.2) is 24.3 Å². The number of hydrogen-bond acceptors (Lipinski definition) is 3. The summed E-state index contributed by atoms with van der Waals surface area (Å²) < 4.78 is 0. The Kier molecular flexibility index (Phi) is 5.77. The molecule has 1 spiro atoms. The van der Waals surface area contributed by atoms with Crippen LogP contribution in [0.3, 0.4) is 0 Å². The minimum absolute atomic E-state index is 0.163. The first-order chi connectivity index (χ1) is 13.2. The highest BCUT2D eigenvalue weighted by Crippen LogP contribution is 2.45. The van der Waals surface area contributed by atoms with Crippen molar-refractivity contribution < 1.29 is 4.79 Å². The monoisotopic (exact) mass is 389 g/mol. The fourth-order valence-corrected chi connectivity index (χ4v) is 5.82. The fraction of sp³-hybridized carbons (Fsp3) is 0.682. The first-order valence-electron chi connectivity index (χ1n) is 10.7. The molecule has 1 amide bonds. The molecule has 2 saturated heterocycles. The van der Waals surface area contributed by atoms with Gasteiger partial charge in [0.25, 0.3) is 0 Å². The van der Waals surface area contributed by atoms with Crippen LogP contribution in [0.25, 0.3) is 0 Å². The lowest BCUT2D eigenvalue weighted by Crippen LogP contribution is -2.57. The summed E-state index contributed by atoms with van der Waals surface area (Å²) in [6.45, 7) is 5.09. The van der Waals surface area contributed by atoms with Crippen molar-refractivity contribution in [3.05, 3.63) is 34.9 Å². The minimum Gasteiger partial charge on any atom is -0.339 e. The van der Waals surface area contributed by atoms with Crippen molar-refractivity contribution in [2.75, 3.05) is 19.6 Å². The van der Waals surface area contributed by atoms with E-state index in [1.807, 2.05) is 12.1 Å². The van der Waals surface area contributed by atoms with E-state index in [1.54, 1.807) is 0 Å². The molecule has 1 aliphatic carbocycles. The second-order valence-electron chi connectivity index (χ2n) is 8.50. The molecule has 1 saturated carbocycles. The summed E-state index contributed by atoms with van der Waals surface area (Å²) in [6, 6.07) is 8.39. The van der Waals surface area contributed by atoms with E-state index in [9.17, 15) is 4.79 Å². The Morgan fingerprint density at radius 3 is 2.56 bits per heavy atom. The Labute approximate surface area is 168 Å². The number of amides is 1. The van der Waals surface area contributed by atoms with Gasteiger partial charge in [0, 0.05) is 11.6 Å². The van der Waals surface area contributed by atoms with Crippen molar-refractivity contribution in [3.63, 3.8) is 0 Å². The molecule has 3 aliphatic rings. The highest BCUT2D eigenvalue weighted by atomic mass is 35.5. The summed E-state index contributed by atoms with van der Waals surface area (Å²) in [6.07, 6.45) is 8.01. The van der Waals surface area contributed by atoms with Gasteiger partial charge in [-0.1, -0.05) is 43.5 Å². The number of nitrogens with one attached hydrogen (secondary N) is 2. The van der Waals surface area contributed by atoms with E-state index in [0.29, 0.717) is 11.8 Å². The minimum atomic E-state index is -0.298. The van der Waals surface area contributed by atoms with Gasteiger partial charge in [-0.2, -0.15) is 0 Å². The maximum atomic E-state index is 13.2. The molecule has 4 rings (SSSR count). The SMILES string of the molecule is CCCN1C(C2CCCCC2c2ccc(Cl)cc2)NC(=O)C12CCNCC2. The van der Waals surface area contributed by atoms with Crippen LogP contribution in [0.5, 0.6) is 0 Å². The Morgan fingerprint density at radius 1 is 1.15 bits per heavy atom. The van der Waals surface area contributed by atoms with Crippen molar-refractivity contribution >= 4 is 17.5 Å². The summed E-state index contributed by atoms with van der Waals surface area (Å²) in [5, 5.41) is 7.69. The third-order valence-electron chi connectivity index (χ3n) is 7.01. The van der Waals surface area contributed by atoms with E-state index in [1.165, 1.54) is 31.2 Å². The van der Waals surface area contributed by atoms with Gasteiger partial charge in [-0.25, -0.2) is 0 Å². The van der Waals surface area contributed by atoms with E-state index in [4.69, 9.17) is 11.6 Å². The summed E-state index contributed by atoms with van der Waals surface area (Å²) in [5.74, 6) is 1.24. The quantitative estimate of drug-likeness (QED) is 0.820. The predicted octanol–water partition coefficient (Wildman–Crippen LogP) is 3.90. The first-order valence-corrected chi connectivity index (χ1v) is 11.1. The second-order valence-corrected chi connectivity index (χ2v) is 8.94. The van der Waals surface area contributed by atoms with E-state index < -0.39 is 0 Å². The van der Waals surface area contributed by atoms with E-state index in [2.05, 4.69) is 34.6 Å². The molecule has 3 atom stereocenters. The molecule has 2 aliphatic heterocycles. The summed E-state index contributed by atoms with van der Waals surface area (Å²) in [4.78, 5) is 15.7. The number of halogens is 1. The summed E-state index contributed by atoms with van der Waals surface area (Å²) in [7, 11) is 0. The average Bonchev–Trinajstić information content (AvgIpc) is 2.95.